The largest absolute Gasteiger partial charge is 0.457 e. The van der Waals surface area contributed by atoms with Crippen molar-refractivity contribution in [2.24, 2.45) is 5.92 Å². The molecule has 3 aromatic rings. The maximum absolute atomic E-state index is 13.1. The van der Waals surface area contributed by atoms with Crippen LogP contribution in [-0.2, 0) is 14.8 Å². The monoisotopic (exact) mass is 509 g/mol. The zero-order chi connectivity index (χ0) is 26.3. The average Bonchev–Trinajstić information content (AvgIpc) is 2.84. The molecule has 0 aromatic heterocycles. The molecule has 8 nitrogen and oxygen atoms in total. The smallest absolute Gasteiger partial charge is 0.253 e. The van der Waals surface area contributed by atoms with Gasteiger partial charge < -0.3 is 15.4 Å². The van der Waals surface area contributed by atoms with Gasteiger partial charge in [0.2, 0.25) is 15.9 Å². The van der Waals surface area contributed by atoms with Crippen LogP contribution in [0.3, 0.4) is 0 Å². The Labute approximate surface area is 212 Å². The molecule has 3 rings (SSSR count). The van der Waals surface area contributed by atoms with Crippen molar-refractivity contribution in [1.29, 1.82) is 0 Å². The standard InChI is InChI=1S/C27H31N3O5S/c1-19(2)18-28-27(32)24-12-8-9-13-25(24)29-26(31)20(3)30(36(4,33)34)21-14-16-23(17-15-21)35-22-10-6-5-7-11-22/h5-17,19-20H,18H2,1-4H3,(H,28,32)(H,29,31)/t20-/m1/s1. The molecule has 0 bridgehead atoms. The summed E-state index contributed by atoms with van der Waals surface area (Å²) in [6.07, 6.45) is 1.04. The van der Waals surface area contributed by atoms with E-state index in [0.29, 0.717) is 35.0 Å². The van der Waals surface area contributed by atoms with Gasteiger partial charge in [-0.1, -0.05) is 44.2 Å². The van der Waals surface area contributed by atoms with E-state index < -0.39 is 22.0 Å². The van der Waals surface area contributed by atoms with E-state index in [4.69, 9.17) is 4.74 Å². The Balaban J connectivity index is 1.80. The normalized spacial score (nSPS) is 12.0. The summed E-state index contributed by atoms with van der Waals surface area (Å²) in [4.78, 5) is 25.8. The van der Waals surface area contributed by atoms with Gasteiger partial charge in [0.25, 0.3) is 5.91 Å². The number of ether oxygens (including phenoxy) is 1. The lowest BCUT2D eigenvalue weighted by atomic mass is 10.1. The van der Waals surface area contributed by atoms with Crippen molar-refractivity contribution >= 4 is 33.2 Å². The molecule has 2 N–H and O–H groups in total. The molecule has 0 spiro atoms. The fourth-order valence-corrected chi connectivity index (χ4v) is 4.69. The lowest BCUT2D eigenvalue weighted by molar-refractivity contribution is -0.116. The molecule has 0 radical (unpaired) electrons. The first kappa shape index (κ1) is 26.7. The number of para-hydroxylation sites is 2. The fourth-order valence-electron chi connectivity index (χ4n) is 3.51. The van der Waals surface area contributed by atoms with Crippen molar-refractivity contribution in [3.05, 3.63) is 84.4 Å². The van der Waals surface area contributed by atoms with Gasteiger partial charge in [-0.25, -0.2) is 8.42 Å². The van der Waals surface area contributed by atoms with Crippen molar-refractivity contribution in [2.45, 2.75) is 26.8 Å². The van der Waals surface area contributed by atoms with Gasteiger partial charge in [-0.15, -0.1) is 0 Å². The summed E-state index contributed by atoms with van der Waals surface area (Å²) < 4.78 is 32.2. The molecule has 0 saturated heterocycles. The Bertz CT molecular complexity index is 1290. The van der Waals surface area contributed by atoms with Crippen molar-refractivity contribution in [3.8, 4) is 11.5 Å². The second-order valence-corrected chi connectivity index (χ2v) is 10.6. The SMILES string of the molecule is CC(C)CNC(=O)c1ccccc1NC(=O)[C@@H](C)N(c1ccc(Oc2ccccc2)cc1)S(C)(=O)=O. The van der Waals surface area contributed by atoms with Crippen LogP contribution in [-0.4, -0.2) is 39.1 Å². The first-order chi connectivity index (χ1) is 17.1. The fraction of sp³-hybridized carbons (Fsp3) is 0.259. The number of amides is 2. The highest BCUT2D eigenvalue weighted by molar-refractivity contribution is 7.92. The molecular weight excluding hydrogens is 478 g/mol. The van der Waals surface area contributed by atoms with Gasteiger partial charge in [0.15, 0.2) is 0 Å². The quantitative estimate of drug-likeness (QED) is 0.414. The highest BCUT2D eigenvalue weighted by atomic mass is 32.2. The Hall–Kier alpha value is -3.85. The van der Waals surface area contributed by atoms with E-state index in [1.165, 1.54) is 6.92 Å². The number of nitrogens with one attached hydrogen (secondary N) is 2. The van der Waals surface area contributed by atoms with E-state index in [2.05, 4.69) is 10.6 Å². The van der Waals surface area contributed by atoms with Crippen molar-refractivity contribution in [3.63, 3.8) is 0 Å². The zero-order valence-electron chi connectivity index (χ0n) is 20.8. The number of benzene rings is 3. The summed E-state index contributed by atoms with van der Waals surface area (Å²) in [5.41, 5.74) is 0.909. The van der Waals surface area contributed by atoms with Crippen LogP contribution in [0, 0.1) is 5.92 Å². The van der Waals surface area contributed by atoms with Gasteiger partial charge in [-0.2, -0.15) is 0 Å². The van der Waals surface area contributed by atoms with E-state index in [0.717, 1.165) is 10.6 Å². The van der Waals surface area contributed by atoms with Crippen molar-refractivity contribution in [2.75, 3.05) is 22.4 Å². The van der Waals surface area contributed by atoms with Gasteiger partial charge in [-0.3, -0.25) is 13.9 Å². The molecule has 3 aromatic carbocycles. The van der Waals surface area contributed by atoms with E-state index in [1.807, 2.05) is 44.2 Å². The lowest BCUT2D eigenvalue weighted by Gasteiger charge is -2.28. The highest BCUT2D eigenvalue weighted by Gasteiger charge is 2.30. The number of rotatable bonds is 10. The van der Waals surface area contributed by atoms with Gasteiger partial charge >= 0.3 is 0 Å². The van der Waals surface area contributed by atoms with Crippen LogP contribution in [0.4, 0.5) is 11.4 Å². The summed E-state index contributed by atoms with van der Waals surface area (Å²) in [6, 6.07) is 21.1. The minimum atomic E-state index is -3.82. The first-order valence-electron chi connectivity index (χ1n) is 11.6. The molecule has 0 unspecified atom stereocenters. The minimum Gasteiger partial charge on any atom is -0.457 e. The molecule has 0 fully saturated rings. The lowest BCUT2D eigenvalue weighted by Crippen LogP contribution is -2.45. The number of carbonyl (C=O) groups excluding carboxylic acids is 2. The molecule has 0 aliphatic rings. The van der Waals surface area contributed by atoms with E-state index in [-0.39, 0.29) is 11.8 Å². The van der Waals surface area contributed by atoms with Crippen LogP contribution in [0.25, 0.3) is 0 Å². The Morgan fingerprint density at radius 3 is 2.06 bits per heavy atom. The van der Waals surface area contributed by atoms with E-state index in [1.54, 1.807) is 48.5 Å². The van der Waals surface area contributed by atoms with Crippen LogP contribution in [0.1, 0.15) is 31.1 Å². The minimum absolute atomic E-state index is 0.267. The molecule has 9 heteroatoms. The third-order valence-corrected chi connectivity index (χ3v) is 6.50. The van der Waals surface area contributed by atoms with Crippen LogP contribution >= 0.6 is 0 Å². The first-order valence-corrected chi connectivity index (χ1v) is 13.4. The second-order valence-electron chi connectivity index (χ2n) is 8.78. The molecular formula is C27H31N3O5S. The molecule has 190 valence electrons. The molecule has 36 heavy (non-hydrogen) atoms. The number of hydrogen-bond donors (Lipinski definition) is 2. The van der Waals surface area contributed by atoms with Crippen LogP contribution in [0.2, 0.25) is 0 Å². The molecule has 1 atom stereocenters. The number of carbonyl (C=O) groups is 2. The second kappa shape index (κ2) is 11.7. The maximum atomic E-state index is 13.1. The molecule has 0 aliphatic carbocycles. The predicted molar refractivity (Wildman–Crippen MR) is 142 cm³/mol. The number of nitrogens with zero attached hydrogens (tertiary/aromatic N) is 1. The number of sulfonamides is 1. The highest BCUT2D eigenvalue weighted by Crippen LogP contribution is 2.27. The van der Waals surface area contributed by atoms with Crippen LogP contribution < -0.4 is 19.7 Å². The summed E-state index contributed by atoms with van der Waals surface area (Å²) in [5, 5.41) is 5.54. The molecule has 0 saturated carbocycles. The molecule has 0 aliphatic heterocycles. The molecule has 0 heterocycles. The summed E-state index contributed by atoms with van der Waals surface area (Å²) in [6.45, 7) is 5.95. The average molecular weight is 510 g/mol. The maximum Gasteiger partial charge on any atom is 0.253 e. The Morgan fingerprint density at radius 1 is 0.861 bits per heavy atom. The van der Waals surface area contributed by atoms with Crippen molar-refractivity contribution < 1.29 is 22.7 Å². The predicted octanol–water partition coefficient (Wildman–Crippen LogP) is 4.66. The molecule has 2 amide bonds. The summed E-state index contributed by atoms with van der Waals surface area (Å²) in [7, 11) is -3.82. The summed E-state index contributed by atoms with van der Waals surface area (Å²) in [5.74, 6) is 0.546. The van der Waals surface area contributed by atoms with Gasteiger partial charge in [0.05, 0.1) is 23.2 Å². The zero-order valence-corrected chi connectivity index (χ0v) is 21.6. The van der Waals surface area contributed by atoms with Gasteiger partial charge in [0.1, 0.15) is 17.5 Å². The Morgan fingerprint density at radius 2 is 1.44 bits per heavy atom. The number of anilines is 2. The summed E-state index contributed by atoms with van der Waals surface area (Å²) >= 11 is 0. The van der Waals surface area contributed by atoms with Gasteiger partial charge in [0, 0.05) is 6.54 Å². The van der Waals surface area contributed by atoms with Crippen LogP contribution in [0.15, 0.2) is 78.9 Å². The van der Waals surface area contributed by atoms with E-state index >= 15 is 0 Å². The van der Waals surface area contributed by atoms with E-state index in [9.17, 15) is 18.0 Å². The topological polar surface area (TPSA) is 105 Å². The third-order valence-electron chi connectivity index (χ3n) is 5.26. The van der Waals surface area contributed by atoms with Crippen molar-refractivity contribution in [1.82, 2.24) is 5.32 Å². The Kier molecular flexibility index (Phi) is 8.71. The third kappa shape index (κ3) is 7.08. The van der Waals surface area contributed by atoms with Crippen LogP contribution in [0.5, 0.6) is 11.5 Å². The number of hydrogen-bond acceptors (Lipinski definition) is 5. The van der Waals surface area contributed by atoms with Gasteiger partial charge in [-0.05, 0) is 61.4 Å².